The van der Waals surface area contributed by atoms with Crippen molar-refractivity contribution in [1.82, 2.24) is 15.2 Å². The molecule has 106 valence electrons. The monoisotopic (exact) mass is 278 g/mol. The summed E-state index contributed by atoms with van der Waals surface area (Å²) in [6, 6.07) is 16.4. The number of aromatic amines is 1. The molecule has 0 unspecified atom stereocenters. The molecule has 0 fully saturated rings. The van der Waals surface area contributed by atoms with Gasteiger partial charge in [0, 0.05) is 32.1 Å². The molecule has 2 heterocycles. The Morgan fingerprint density at radius 2 is 1.95 bits per heavy atom. The van der Waals surface area contributed by atoms with Crippen LogP contribution in [0, 0.1) is 0 Å². The van der Waals surface area contributed by atoms with E-state index < -0.39 is 0 Å². The van der Waals surface area contributed by atoms with E-state index in [2.05, 4.69) is 51.4 Å². The average molecular weight is 278 g/mol. The van der Waals surface area contributed by atoms with Gasteiger partial charge in [0.05, 0.1) is 5.69 Å². The number of likely N-dealkylation sites (N-methyl/N-ethyl adjacent to an activating group) is 1. The molecule has 1 N–H and O–H groups in total. The molecule has 0 aliphatic rings. The van der Waals surface area contributed by atoms with Crippen molar-refractivity contribution < 1.29 is 0 Å². The number of hydrogen-bond donors (Lipinski definition) is 1. The Hall–Kier alpha value is -2.62. The largest absolute Gasteiger partial charge is 0.358 e. The smallest absolute Gasteiger partial charge is 0.150 e. The molecule has 3 rings (SSSR count). The van der Waals surface area contributed by atoms with Crippen molar-refractivity contribution in [2.45, 2.75) is 6.42 Å². The fraction of sp³-hybridized carbons (Fsp3) is 0.176. The number of rotatable bonds is 5. The Bertz CT molecular complexity index is 676. The number of anilines is 1. The molecule has 0 spiro atoms. The predicted molar refractivity (Wildman–Crippen MR) is 85.2 cm³/mol. The Kier molecular flexibility index (Phi) is 3.96. The lowest BCUT2D eigenvalue weighted by molar-refractivity contribution is 0.850. The number of hydrogen-bond acceptors (Lipinski definition) is 3. The van der Waals surface area contributed by atoms with E-state index in [-0.39, 0.29) is 0 Å². The van der Waals surface area contributed by atoms with Crippen LogP contribution in [0.3, 0.4) is 0 Å². The highest BCUT2D eigenvalue weighted by atomic mass is 15.3. The summed E-state index contributed by atoms with van der Waals surface area (Å²) in [5.74, 6) is 0.956. The zero-order chi connectivity index (χ0) is 14.5. The number of nitrogens with zero attached hydrogens (tertiary/aromatic N) is 3. The minimum absolute atomic E-state index is 0.908. The van der Waals surface area contributed by atoms with Crippen LogP contribution in [0.5, 0.6) is 0 Å². The summed E-state index contributed by atoms with van der Waals surface area (Å²) in [7, 11) is 2.06. The molecule has 2 aromatic heterocycles. The number of benzene rings is 1. The molecule has 0 atom stereocenters. The van der Waals surface area contributed by atoms with Gasteiger partial charge in [0.15, 0.2) is 5.82 Å². The second-order valence-corrected chi connectivity index (χ2v) is 5.04. The second-order valence-electron chi connectivity index (χ2n) is 5.04. The molecular weight excluding hydrogens is 260 g/mol. The lowest BCUT2D eigenvalue weighted by Crippen LogP contribution is -2.20. The van der Waals surface area contributed by atoms with Crippen molar-refractivity contribution >= 4 is 5.82 Å². The number of aromatic nitrogens is 3. The van der Waals surface area contributed by atoms with E-state index in [0.717, 1.165) is 30.0 Å². The molecule has 0 bridgehead atoms. The van der Waals surface area contributed by atoms with E-state index in [1.807, 2.05) is 30.5 Å². The van der Waals surface area contributed by atoms with Gasteiger partial charge in [-0.1, -0.05) is 36.4 Å². The number of pyridine rings is 1. The van der Waals surface area contributed by atoms with Gasteiger partial charge in [-0.25, -0.2) is 0 Å². The SMILES string of the molecule is CN(CCc1cccnc1)c1cc(-c2ccccc2)[nH]n1. The topological polar surface area (TPSA) is 44.8 Å². The van der Waals surface area contributed by atoms with Gasteiger partial charge in [-0.3, -0.25) is 10.1 Å². The van der Waals surface area contributed by atoms with E-state index in [4.69, 9.17) is 0 Å². The zero-order valence-electron chi connectivity index (χ0n) is 12.0. The number of H-pyrrole nitrogens is 1. The maximum atomic E-state index is 4.39. The van der Waals surface area contributed by atoms with Crippen LogP contribution in [0.2, 0.25) is 0 Å². The first-order valence-electron chi connectivity index (χ1n) is 7.04. The van der Waals surface area contributed by atoms with Crippen LogP contribution in [0.1, 0.15) is 5.56 Å². The van der Waals surface area contributed by atoms with Gasteiger partial charge in [-0.05, 0) is 23.6 Å². The Morgan fingerprint density at radius 1 is 1.10 bits per heavy atom. The molecule has 0 saturated heterocycles. The van der Waals surface area contributed by atoms with Gasteiger partial charge >= 0.3 is 0 Å². The van der Waals surface area contributed by atoms with Gasteiger partial charge in [0.2, 0.25) is 0 Å². The van der Waals surface area contributed by atoms with E-state index >= 15 is 0 Å². The fourth-order valence-corrected chi connectivity index (χ4v) is 2.23. The molecule has 0 aliphatic carbocycles. The quantitative estimate of drug-likeness (QED) is 0.779. The summed E-state index contributed by atoms with van der Waals surface area (Å²) in [5, 5.41) is 7.49. The highest BCUT2D eigenvalue weighted by molar-refractivity contribution is 5.62. The molecule has 4 heteroatoms. The summed E-state index contributed by atoms with van der Waals surface area (Å²) in [5.41, 5.74) is 3.43. The minimum atomic E-state index is 0.908. The molecule has 0 amide bonds. The summed E-state index contributed by atoms with van der Waals surface area (Å²) >= 11 is 0. The molecule has 0 radical (unpaired) electrons. The number of nitrogens with one attached hydrogen (secondary N) is 1. The molecule has 0 saturated carbocycles. The van der Waals surface area contributed by atoms with E-state index in [1.54, 1.807) is 6.20 Å². The standard InChI is InChI=1S/C17H18N4/c1-21(11-9-14-6-5-10-18-13-14)17-12-16(19-20-17)15-7-3-2-4-8-15/h2-8,10,12-13H,9,11H2,1H3,(H,19,20). The molecule has 3 aromatic rings. The van der Waals surface area contributed by atoms with Crippen LogP contribution in [0.4, 0.5) is 5.82 Å². The van der Waals surface area contributed by atoms with Crippen molar-refractivity contribution in [2.24, 2.45) is 0 Å². The Labute approximate surface area is 124 Å². The lowest BCUT2D eigenvalue weighted by Gasteiger charge is -2.15. The molecular formula is C17H18N4. The van der Waals surface area contributed by atoms with Crippen molar-refractivity contribution in [1.29, 1.82) is 0 Å². The van der Waals surface area contributed by atoms with Crippen LogP contribution in [-0.2, 0) is 6.42 Å². The van der Waals surface area contributed by atoms with Gasteiger partial charge in [0.1, 0.15) is 0 Å². The van der Waals surface area contributed by atoms with Gasteiger partial charge in [-0.15, -0.1) is 0 Å². The van der Waals surface area contributed by atoms with Crippen molar-refractivity contribution in [3.8, 4) is 11.3 Å². The van der Waals surface area contributed by atoms with Crippen molar-refractivity contribution in [3.05, 3.63) is 66.5 Å². The van der Waals surface area contributed by atoms with Gasteiger partial charge in [0.25, 0.3) is 0 Å². The van der Waals surface area contributed by atoms with Crippen LogP contribution in [0.15, 0.2) is 60.9 Å². The van der Waals surface area contributed by atoms with E-state index in [0.29, 0.717) is 0 Å². The highest BCUT2D eigenvalue weighted by Crippen LogP contribution is 2.20. The fourth-order valence-electron chi connectivity index (χ4n) is 2.23. The molecule has 4 nitrogen and oxygen atoms in total. The summed E-state index contributed by atoms with van der Waals surface area (Å²) in [6.45, 7) is 0.908. The summed E-state index contributed by atoms with van der Waals surface area (Å²) < 4.78 is 0. The van der Waals surface area contributed by atoms with Gasteiger partial charge in [-0.2, -0.15) is 5.10 Å². The van der Waals surface area contributed by atoms with E-state index in [1.165, 1.54) is 5.56 Å². The van der Waals surface area contributed by atoms with Crippen molar-refractivity contribution in [2.75, 3.05) is 18.5 Å². The normalized spacial score (nSPS) is 10.5. The third-order valence-electron chi connectivity index (χ3n) is 3.50. The van der Waals surface area contributed by atoms with E-state index in [9.17, 15) is 0 Å². The maximum Gasteiger partial charge on any atom is 0.150 e. The summed E-state index contributed by atoms with van der Waals surface area (Å²) in [6.07, 6.45) is 4.67. The Balaban J connectivity index is 1.66. The zero-order valence-corrected chi connectivity index (χ0v) is 12.0. The predicted octanol–water partition coefficient (Wildman–Crippen LogP) is 3.15. The minimum Gasteiger partial charge on any atom is -0.358 e. The second kappa shape index (κ2) is 6.22. The lowest BCUT2D eigenvalue weighted by atomic mass is 10.1. The first kappa shape index (κ1) is 13.4. The van der Waals surface area contributed by atoms with Crippen LogP contribution in [-0.4, -0.2) is 28.8 Å². The van der Waals surface area contributed by atoms with Crippen LogP contribution in [0.25, 0.3) is 11.3 Å². The van der Waals surface area contributed by atoms with Crippen LogP contribution >= 0.6 is 0 Å². The van der Waals surface area contributed by atoms with Gasteiger partial charge < -0.3 is 4.90 Å². The molecule has 21 heavy (non-hydrogen) atoms. The molecule has 1 aromatic carbocycles. The molecule has 0 aliphatic heterocycles. The summed E-state index contributed by atoms with van der Waals surface area (Å²) in [4.78, 5) is 6.29. The Morgan fingerprint density at radius 3 is 2.71 bits per heavy atom. The highest BCUT2D eigenvalue weighted by Gasteiger charge is 2.07. The average Bonchev–Trinajstić information content (AvgIpc) is 3.04. The van der Waals surface area contributed by atoms with Crippen molar-refractivity contribution in [3.63, 3.8) is 0 Å². The third-order valence-corrected chi connectivity index (χ3v) is 3.50. The maximum absolute atomic E-state index is 4.39. The van der Waals surface area contributed by atoms with Crippen LogP contribution < -0.4 is 4.90 Å². The first-order valence-corrected chi connectivity index (χ1v) is 7.04. The third kappa shape index (κ3) is 3.28. The first-order chi connectivity index (χ1) is 10.3.